The van der Waals surface area contributed by atoms with E-state index in [4.69, 9.17) is 4.74 Å². The third-order valence-corrected chi connectivity index (χ3v) is 12.8. The first kappa shape index (κ1) is 37.9. The number of rotatable bonds is 10. The molecule has 2 aromatic rings. The smallest absolute Gasteiger partial charge is 0.298 e. The number of hydrogen-bond donors (Lipinski definition) is 0. The largest absolute Gasteiger partial charge is 0.451 e. The molecule has 4 saturated heterocycles. The van der Waals surface area contributed by atoms with Gasteiger partial charge in [-0.2, -0.15) is 17.0 Å². The normalized spacial score (nSPS) is 21.3. The fourth-order valence-electron chi connectivity index (χ4n) is 8.25. The Labute approximate surface area is 307 Å². The fraction of sp³-hybridized carbons (Fsp3) is 0.622. The van der Waals surface area contributed by atoms with Crippen molar-refractivity contribution in [1.29, 1.82) is 0 Å². The summed E-state index contributed by atoms with van der Waals surface area (Å²) in [5, 5.41) is 0. The van der Waals surface area contributed by atoms with Crippen molar-refractivity contribution in [2.75, 3.05) is 76.9 Å². The second-order valence-electron chi connectivity index (χ2n) is 15.1. The number of likely N-dealkylation sites (tertiary alicyclic amines) is 1. The second kappa shape index (κ2) is 15.6. The standard InChI is InChI=1S/C37H51FN8O5S/c1-6-7-34(47)42-16-18-45(19-17-42)52(49,50)44-14-11-37(12-15-44)24-41(25-37)22-29-10-13-43(23-29)35-33(21-39-26-40-35)51-32-9-8-30(38)20-31(32)36(48)46(27(2)3)28(4)5/h8-9,20-21,26-29H,10-19,22-25H2,1-5H3/t29-/m0/s1. The van der Waals surface area contributed by atoms with E-state index in [9.17, 15) is 22.4 Å². The molecule has 6 rings (SSSR count). The quantitative estimate of drug-likeness (QED) is 0.338. The third-order valence-electron chi connectivity index (χ3n) is 10.8. The zero-order chi connectivity index (χ0) is 37.2. The fourth-order valence-corrected chi connectivity index (χ4v) is 9.85. The predicted molar refractivity (Wildman–Crippen MR) is 195 cm³/mol. The zero-order valence-corrected chi connectivity index (χ0v) is 31.7. The number of amides is 2. The number of piperazine rings is 1. The van der Waals surface area contributed by atoms with Crippen LogP contribution in [0.15, 0.2) is 30.7 Å². The first-order chi connectivity index (χ1) is 24.8. The van der Waals surface area contributed by atoms with E-state index in [0.29, 0.717) is 43.7 Å². The SMILES string of the molecule is CC#CC(=O)N1CCN(S(=O)(=O)N2CCC3(CC2)CN(C[C@@H]2CCN(c4ncncc4Oc4ccc(F)cc4C(=O)N(C(C)C)C(C)C)C2)C3)CC1. The minimum atomic E-state index is -3.57. The molecule has 0 radical (unpaired) electrons. The van der Waals surface area contributed by atoms with Gasteiger partial charge in [-0.1, -0.05) is 5.92 Å². The monoisotopic (exact) mass is 738 g/mol. The Morgan fingerprint density at radius 3 is 2.33 bits per heavy atom. The highest BCUT2D eigenvalue weighted by molar-refractivity contribution is 7.86. The van der Waals surface area contributed by atoms with E-state index in [0.717, 1.165) is 52.0 Å². The number of aromatic nitrogens is 2. The molecule has 15 heteroatoms. The summed E-state index contributed by atoms with van der Waals surface area (Å²) < 4.78 is 50.7. The first-order valence-electron chi connectivity index (χ1n) is 18.3. The minimum absolute atomic E-state index is 0.0795. The Kier molecular flexibility index (Phi) is 11.4. The molecular formula is C37H51FN8O5S. The van der Waals surface area contributed by atoms with Crippen molar-refractivity contribution in [1.82, 2.24) is 33.3 Å². The molecule has 0 saturated carbocycles. The molecule has 2 amide bonds. The van der Waals surface area contributed by atoms with Gasteiger partial charge in [-0.3, -0.25) is 9.59 Å². The molecule has 0 N–H and O–H groups in total. The third kappa shape index (κ3) is 8.05. The molecule has 4 aliphatic heterocycles. The van der Waals surface area contributed by atoms with Gasteiger partial charge in [0.2, 0.25) is 0 Å². The Bertz CT molecular complexity index is 1780. The summed E-state index contributed by atoms with van der Waals surface area (Å²) in [6.07, 6.45) is 5.74. The van der Waals surface area contributed by atoms with Gasteiger partial charge < -0.3 is 24.3 Å². The summed E-state index contributed by atoms with van der Waals surface area (Å²) in [6, 6.07) is 3.84. The molecule has 5 heterocycles. The lowest BCUT2D eigenvalue weighted by molar-refractivity contribution is -0.126. The number of carbonyl (C=O) groups is 2. The number of nitrogens with zero attached hydrogens (tertiary/aromatic N) is 8. The molecule has 1 spiro atoms. The summed E-state index contributed by atoms with van der Waals surface area (Å²) in [4.78, 5) is 42.4. The number of hydrogen-bond acceptors (Lipinski definition) is 9. The van der Waals surface area contributed by atoms with Crippen molar-refractivity contribution < 1.29 is 27.1 Å². The van der Waals surface area contributed by atoms with E-state index in [-0.39, 0.29) is 53.7 Å². The summed E-state index contributed by atoms with van der Waals surface area (Å²) in [7, 11) is -3.57. The summed E-state index contributed by atoms with van der Waals surface area (Å²) in [5.41, 5.74) is 0.299. The molecule has 1 aromatic carbocycles. The molecular weight excluding hydrogens is 688 g/mol. The summed E-state index contributed by atoms with van der Waals surface area (Å²) in [6.45, 7) is 16.1. The summed E-state index contributed by atoms with van der Waals surface area (Å²) in [5.74, 6) is 5.81. The predicted octanol–water partition coefficient (Wildman–Crippen LogP) is 3.30. The topological polar surface area (TPSA) is 123 Å². The van der Waals surface area contributed by atoms with Gasteiger partial charge in [-0.25, -0.2) is 14.4 Å². The average molecular weight is 739 g/mol. The highest BCUT2D eigenvalue weighted by Crippen LogP contribution is 2.42. The van der Waals surface area contributed by atoms with Crippen LogP contribution in [0.3, 0.4) is 0 Å². The van der Waals surface area contributed by atoms with Crippen LogP contribution in [-0.4, -0.2) is 138 Å². The van der Waals surface area contributed by atoms with Gasteiger partial charge in [0.15, 0.2) is 11.6 Å². The van der Waals surface area contributed by atoms with E-state index < -0.39 is 16.0 Å². The molecule has 52 heavy (non-hydrogen) atoms. The molecule has 1 aromatic heterocycles. The number of piperidine rings is 1. The van der Waals surface area contributed by atoms with E-state index in [1.165, 1.54) is 28.8 Å². The number of carbonyl (C=O) groups excluding carboxylic acids is 2. The maximum Gasteiger partial charge on any atom is 0.298 e. The van der Waals surface area contributed by atoms with Gasteiger partial charge in [0.25, 0.3) is 22.0 Å². The van der Waals surface area contributed by atoms with Crippen LogP contribution in [0.4, 0.5) is 10.2 Å². The van der Waals surface area contributed by atoms with E-state index in [1.54, 1.807) is 27.2 Å². The van der Waals surface area contributed by atoms with Crippen LogP contribution in [0.2, 0.25) is 0 Å². The summed E-state index contributed by atoms with van der Waals surface area (Å²) >= 11 is 0. The van der Waals surface area contributed by atoms with Crippen molar-refractivity contribution in [3.05, 3.63) is 42.1 Å². The maximum absolute atomic E-state index is 14.4. The van der Waals surface area contributed by atoms with Crippen LogP contribution >= 0.6 is 0 Å². The molecule has 282 valence electrons. The second-order valence-corrected chi connectivity index (χ2v) is 17.0. The molecule has 0 unspecified atom stereocenters. The molecule has 1 atom stereocenters. The maximum atomic E-state index is 14.4. The Morgan fingerprint density at radius 1 is 1.00 bits per heavy atom. The van der Waals surface area contributed by atoms with Gasteiger partial charge in [0.1, 0.15) is 17.9 Å². The van der Waals surface area contributed by atoms with Crippen LogP contribution in [0.5, 0.6) is 11.5 Å². The van der Waals surface area contributed by atoms with E-state index >= 15 is 0 Å². The highest BCUT2D eigenvalue weighted by atomic mass is 32.2. The van der Waals surface area contributed by atoms with E-state index in [1.807, 2.05) is 27.7 Å². The Morgan fingerprint density at radius 2 is 1.67 bits per heavy atom. The molecule has 4 fully saturated rings. The van der Waals surface area contributed by atoms with Gasteiger partial charge in [-0.15, -0.1) is 0 Å². The van der Waals surface area contributed by atoms with Crippen molar-refractivity contribution in [2.45, 2.75) is 66.0 Å². The van der Waals surface area contributed by atoms with Crippen LogP contribution in [0.25, 0.3) is 0 Å². The number of halogens is 1. The van der Waals surface area contributed by atoms with Gasteiger partial charge in [0, 0.05) is 84.1 Å². The molecule has 0 aliphatic carbocycles. The highest BCUT2D eigenvalue weighted by Gasteiger charge is 2.48. The molecule has 13 nitrogen and oxygen atoms in total. The van der Waals surface area contributed by atoms with Crippen molar-refractivity contribution >= 4 is 27.8 Å². The van der Waals surface area contributed by atoms with Crippen molar-refractivity contribution in [3.8, 4) is 23.3 Å². The van der Waals surface area contributed by atoms with Crippen LogP contribution in [-0.2, 0) is 15.0 Å². The lowest BCUT2D eigenvalue weighted by atomic mass is 9.72. The van der Waals surface area contributed by atoms with Crippen molar-refractivity contribution in [3.63, 3.8) is 0 Å². The van der Waals surface area contributed by atoms with E-state index in [2.05, 4.69) is 31.6 Å². The lowest BCUT2D eigenvalue weighted by Gasteiger charge is -2.54. The number of ether oxygens (including phenoxy) is 1. The van der Waals surface area contributed by atoms with Crippen LogP contribution in [0, 0.1) is 29.0 Å². The average Bonchev–Trinajstić information content (AvgIpc) is 3.57. The van der Waals surface area contributed by atoms with Gasteiger partial charge >= 0.3 is 0 Å². The Hall–Kier alpha value is -3.84. The van der Waals surface area contributed by atoms with Gasteiger partial charge in [0.05, 0.1) is 11.8 Å². The molecule has 0 bridgehead atoms. The van der Waals surface area contributed by atoms with Crippen LogP contribution < -0.4 is 9.64 Å². The Balaban J connectivity index is 1.01. The lowest BCUT2D eigenvalue weighted by Crippen LogP contribution is -2.62. The number of anilines is 1. The first-order valence-corrected chi connectivity index (χ1v) is 19.7. The zero-order valence-electron chi connectivity index (χ0n) is 30.9. The van der Waals surface area contributed by atoms with Crippen molar-refractivity contribution in [2.24, 2.45) is 11.3 Å². The van der Waals surface area contributed by atoms with Gasteiger partial charge in [-0.05, 0) is 89.3 Å². The van der Waals surface area contributed by atoms with Crippen LogP contribution in [0.1, 0.15) is 64.2 Å². The number of benzene rings is 1. The minimum Gasteiger partial charge on any atom is -0.451 e. The molecule has 4 aliphatic rings.